The molecule has 0 N–H and O–H groups in total. The maximum Gasteiger partial charge on any atom is 0.0443 e. The number of nitrogens with zero attached hydrogens (tertiary/aromatic N) is 1. The Kier molecular flexibility index (Phi) is 1.92. The minimum atomic E-state index is 0.688. The Morgan fingerprint density at radius 3 is 2.00 bits per heavy atom. The molecule has 2 heterocycles. The van der Waals surface area contributed by atoms with Crippen molar-refractivity contribution in [3.63, 3.8) is 0 Å². The fourth-order valence-corrected chi connectivity index (χ4v) is 4.81. The van der Waals surface area contributed by atoms with E-state index in [-0.39, 0.29) is 0 Å². The standard InChI is InChI=1S/C18H19N/c1-4-12-10-19-11-13-5-2-7-15(13)17-9-3-8-16(18(17)19)14(12)6-1/h1-3,6-9,12-15H,4-5,10-11H2/t12-,13-,14-,15-/m0/s1. The summed E-state index contributed by atoms with van der Waals surface area (Å²) in [5.41, 5.74) is 4.78. The van der Waals surface area contributed by atoms with E-state index in [0.29, 0.717) is 11.8 Å². The zero-order valence-electron chi connectivity index (χ0n) is 11.1. The summed E-state index contributed by atoms with van der Waals surface area (Å²) in [4.78, 5) is 2.70. The summed E-state index contributed by atoms with van der Waals surface area (Å²) in [5, 5.41) is 0. The molecule has 1 nitrogen and oxygen atoms in total. The van der Waals surface area contributed by atoms with Gasteiger partial charge in [-0.1, -0.05) is 42.5 Å². The summed E-state index contributed by atoms with van der Waals surface area (Å²) >= 11 is 0. The molecule has 5 rings (SSSR count). The molecule has 0 aromatic heterocycles. The Morgan fingerprint density at radius 1 is 0.842 bits per heavy atom. The predicted octanol–water partition coefficient (Wildman–Crippen LogP) is 3.84. The van der Waals surface area contributed by atoms with Crippen molar-refractivity contribution in [1.29, 1.82) is 0 Å². The number of hydrogen-bond donors (Lipinski definition) is 0. The van der Waals surface area contributed by atoms with Gasteiger partial charge < -0.3 is 4.90 Å². The minimum absolute atomic E-state index is 0.688. The van der Waals surface area contributed by atoms with Crippen LogP contribution in [0.15, 0.2) is 42.5 Å². The van der Waals surface area contributed by atoms with Gasteiger partial charge in [-0.2, -0.15) is 0 Å². The topological polar surface area (TPSA) is 3.24 Å². The third-order valence-corrected chi connectivity index (χ3v) is 5.62. The third kappa shape index (κ3) is 1.26. The number of allylic oxidation sites excluding steroid dienone is 4. The quantitative estimate of drug-likeness (QED) is 0.631. The number of benzene rings is 1. The molecule has 0 fully saturated rings. The van der Waals surface area contributed by atoms with E-state index in [0.717, 1.165) is 11.8 Å². The van der Waals surface area contributed by atoms with Gasteiger partial charge in [-0.25, -0.2) is 0 Å². The number of rotatable bonds is 0. The van der Waals surface area contributed by atoms with E-state index >= 15 is 0 Å². The monoisotopic (exact) mass is 249 g/mol. The fourth-order valence-electron chi connectivity index (χ4n) is 4.81. The highest BCUT2D eigenvalue weighted by Gasteiger charge is 2.41. The van der Waals surface area contributed by atoms with Gasteiger partial charge in [0.15, 0.2) is 0 Å². The van der Waals surface area contributed by atoms with Gasteiger partial charge in [0.2, 0.25) is 0 Å². The van der Waals surface area contributed by atoms with Crippen molar-refractivity contribution in [2.45, 2.75) is 24.7 Å². The highest BCUT2D eigenvalue weighted by molar-refractivity contribution is 5.68. The molecule has 2 aliphatic heterocycles. The SMILES string of the molecule is C1=C[C@@H]2c3cccc4c3N(C[C@@H]2C1)C[C@@H]1CC=C[C@H]41. The average Bonchev–Trinajstić information content (AvgIpc) is 3.07. The van der Waals surface area contributed by atoms with Crippen LogP contribution >= 0.6 is 0 Å². The number of fused-ring (bicyclic) bond motifs is 4. The summed E-state index contributed by atoms with van der Waals surface area (Å²) in [6.45, 7) is 2.54. The lowest BCUT2D eigenvalue weighted by atomic mass is 9.75. The largest absolute Gasteiger partial charge is 0.370 e. The molecule has 19 heavy (non-hydrogen) atoms. The molecule has 0 radical (unpaired) electrons. The highest BCUT2D eigenvalue weighted by atomic mass is 15.2. The van der Waals surface area contributed by atoms with Crippen molar-refractivity contribution in [3.8, 4) is 0 Å². The molecule has 0 unspecified atom stereocenters. The van der Waals surface area contributed by atoms with E-state index in [9.17, 15) is 0 Å². The first-order valence-corrected chi connectivity index (χ1v) is 7.63. The molecule has 4 atom stereocenters. The van der Waals surface area contributed by atoms with Crippen LogP contribution in [0, 0.1) is 11.8 Å². The second-order valence-corrected chi connectivity index (χ2v) is 6.59. The second-order valence-electron chi connectivity index (χ2n) is 6.59. The second kappa shape index (κ2) is 3.53. The zero-order valence-corrected chi connectivity index (χ0v) is 11.1. The molecule has 4 aliphatic rings. The molecule has 96 valence electrons. The van der Waals surface area contributed by atoms with Crippen molar-refractivity contribution in [1.82, 2.24) is 0 Å². The number of para-hydroxylation sites is 1. The first-order valence-electron chi connectivity index (χ1n) is 7.63. The van der Waals surface area contributed by atoms with Gasteiger partial charge in [-0.05, 0) is 35.8 Å². The summed E-state index contributed by atoms with van der Waals surface area (Å²) in [6.07, 6.45) is 12.2. The molecule has 0 spiro atoms. The molecule has 1 heteroatoms. The van der Waals surface area contributed by atoms with Gasteiger partial charge in [0.1, 0.15) is 0 Å². The van der Waals surface area contributed by atoms with Gasteiger partial charge in [-0.3, -0.25) is 0 Å². The van der Waals surface area contributed by atoms with Gasteiger partial charge in [0.05, 0.1) is 0 Å². The molecule has 1 aromatic rings. The average molecular weight is 249 g/mol. The maximum absolute atomic E-state index is 2.70. The van der Waals surface area contributed by atoms with E-state index in [1.165, 1.54) is 25.9 Å². The van der Waals surface area contributed by atoms with Crippen LogP contribution in [-0.4, -0.2) is 13.1 Å². The van der Waals surface area contributed by atoms with Crippen molar-refractivity contribution < 1.29 is 0 Å². The normalized spacial score (nSPS) is 37.2. The lowest BCUT2D eigenvalue weighted by Crippen LogP contribution is -2.43. The predicted molar refractivity (Wildman–Crippen MR) is 78.6 cm³/mol. The van der Waals surface area contributed by atoms with Crippen LogP contribution in [0.2, 0.25) is 0 Å². The van der Waals surface area contributed by atoms with E-state index in [1.807, 2.05) is 0 Å². The van der Waals surface area contributed by atoms with Crippen molar-refractivity contribution in [2.75, 3.05) is 18.0 Å². The number of hydrogen-bond acceptors (Lipinski definition) is 1. The molecule has 0 saturated carbocycles. The zero-order chi connectivity index (χ0) is 12.4. The summed E-state index contributed by atoms with van der Waals surface area (Å²) in [6, 6.07) is 7.03. The summed E-state index contributed by atoms with van der Waals surface area (Å²) < 4.78 is 0. The van der Waals surface area contributed by atoms with Gasteiger partial charge in [-0.15, -0.1) is 0 Å². The third-order valence-electron chi connectivity index (χ3n) is 5.62. The van der Waals surface area contributed by atoms with E-state index in [1.54, 1.807) is 16.8 Å². The van der Waals surface area contributed by atoms with E-state index in [4.69, 9.17) is 0 Å². The maximum atomic E-state index is 2.70. The summed E-state index contributed by atoms with van der Waals surface area (Å²) in [5.74, 6) is 3.03. The highest BCUT2D eigenvalue weighted by Crippen LogP contribution is 2.52. The Labute approximate surface area is 114 Å². The first-order chi connectivity index (χ1) is 9.42. The molecule has 1 aromatic carbocycles. The van der Waals surface area contributed by atoms with Crippen molar-refractivity contribution in [3.05, 3.63) is 53.6 Å². The first kappa shape index (κ1) is 10.3. The molecule has 0 bridgehead atoms. The van der Waals surface area contributed by atoms with Crippen molar-refractivity contribution >= 4 is 5.69 Å². The molecule has 2 aliphatic carbocycles. The Morgan fingerprint density at radius 2 is 1.42 bits per heavy atom. The van der Waals surface area contributed by atoms with Crippen LogP contribution in [0.3, 0.4) is 0 Å². The van der Waals surface area contributed by atoms with Gasteiger partial charge >= 0.3 is 0 Å². The van der Waals surface area contributed by atoms with Crippen LogP contribution in [0.25, 0.3) is 0 Å². The number of anilines is 1. The van der Waals surface area contributed by atoms with E-state index in [2.05, 4.69) is 47.4 Å². The molecular weight excluding hydrogens is 230 g/mol. The Balaban J connectivity index is 1.73. The molecule has 0 amide bonds. The Bertz CT molecular complexity index is 549. The fraction of sp³-hybridized carbons (Fsp3) is 0.444. The van der Waals surface area contributed by atoms with E-state index < -0.39 is 0 Å². The van der Waals surface area contributed by atoms with Crippen molar-refractivity contribution in [2.24, 2.45) is 11.8 Å². The molecule has 0 saturated heterocycles. The Hall–Kier alpha value is -1.50. The van der Waals surface area contributed by atoms with Gasteiger partial charge in [0, 0.05) is 30.6 Å². The van der Waals surface area contributed by atoms with Gasteiger partial charge in [0.25, 0.3) is 0 Å². The van der Waals surface area contributed by atoms with Crippen LogP contribution in [0.5, 0.6) is 0 Å². The summed E-state index contributed by atoms with van der Waals surface area (Å²) in [7, 11) is 0. The lowest BCUT2D eigenvalue weighted by Gasteiger charge is -2.46. The van der Waals surface area contributed by atoms with Crippen LogP contribution in [0.4, 0.5) is 5.69 Å². The van der Waals surface area contributed by atoms with Crippen LogP contribution in [0.1, 0.15) is 35.8 Å². The van der Waals surface area contributed by atoms with Crippen LogP contribution in [-0.2, 0) is 0 Å². The smallest absolute Gasteiger partial charge is 0.0443 e. The molecular formula is C18H19N. The lowest BCUT2D eigenvalue weighted by molar-refractivity contribution is 0.410. The van der Waals surface area contributed by atoms with Crippen LogP contribution < -0.4 is 4.90 Å². The minimum Gasteiger partial charge on any atom is -0.370 e.